The summed E-state index contributed by atoms with van der Waals surface area (Å²) in [6, 6.07) is 4.97. The van der Waals surface area contributed by atoms with Gasteiger partial charge in [-0.15, -0.1) is 0 Å². The molecule has 1 heterocycles. The Balaban J connectivity index is 1.83. The van der Waals surface area contributed by atoms with Gasteiger partial charge in [0.25, 0.3) is 11.5 Å². The lowest BCUT2D eigenvalue weighted by Crippen LogP contribution is -2.24. The molecular formula is C18H25N3O2S. The molecule has 1 aromatic carbocycles. The van der Waals surface area contributed by atoms with Crippen molar-refractivity contribution in [1.82, 2.24) is 15.3 Å². The fraction of sp³-hybridized carbons (Fsp3) is 0.500. The number of hydrogen-bond acceptors (Lipinski definition) is 3. The van der Waals surface area contributed by atoms with Crippen LogP contribution in [0, 0.1) is 4.77 Å². The van der Waals surface area contributed by atoms with Gasteiger partial charge in [-0.3, -0.25) is 14.6 Å². The lowest BCUT2D eigenvalue weighted by atomic mass is 10.1. The summed E-state index contributed by atoms with van der Waals surface area (Å²) in [7, 11) is 0. The Kier molecular flexibility index (Phi) is 7.18. The molecule has 0 aliphatic carbocycles. The largest absolute Gasteiger partial charge is 0.352 e. The number of aromatic nitrogens is 2. The number of rotatable bonds is 9. The van der Waals surface area contributed by atoms with Crippen molar-refractivity contribution in [2.24, 2.45) is 0 Å². The maximum absolute atomic E-state index is 12.2. The molecule has 0 atom stereocenters. The van der Waals surface area contributed by atoms with Crippen LogP contribution in [-0.4, -0.2) is 22.4 Å². The molecule has 0 saturated heterocycles. The highest BCUT2D eigenvalue weighted by Crippen LogP contribution is 2.10. The summed E-state index contributed by atoms with van der Waals surface area (Å²) in [6.07, 6.45) is 8.52. The van der Waals surface area contributed by atoms with Gasteiger partial charge in [0.1, 0.15) is 0 Å². The van der Waals surface area contributed by atoms with Crippen LogP contribution in [0.5, 0.6) is 0 Å². The fourth-order valence-corrected chi connectivity index (χ4v) is 2.90. The summed E-state index contributed by atoms with van der Waals surface area (Å²) >= 11 is 4.96. The smallest absolute Gasteiger partial charge is 0.259 e. The monoisotopic (exact) mass is 347 g/mol. The average Bonchev–Trinajstić information content (AvgIpc) is 2.56. The van der Waals surface area contributed by atoms with E-state index in [0.29, 0.717) is 23.0 Å². The van der Waals surface area contributed by atoms with Crippen LogP contribution in [0.3, 0.4) is 0 Å². The predicted octanol–water partition coefficient (Wildman–Crippen LogP) is 4.07. The Hall–Kier alpha value is -1.95. The molecular weight excluding hydrogens is 322 g/mol. The molecule has 0 aliphatic rings. The topological polar surface area (TPSA) is 77.8 Å². The fourth-order valence-electron chi connectivity index (χ4n) is 2.70. The van der Waals surface area contributed by atoms with E-state index in [1.54, 1.807) is 18.2 Å². The number of aromatic amines is 2. The van der Waals surface area contributed by atoms with Crippen LogP contribution in [-0.2, 0) is 0 Å². The van der Waals surface area contributed by atoms with Crippen molar-refractivity contribution >= 4 is 29.0 Å². The van der Waals surface area contributed by atoms with Crippen molar-refractivity contribution in [1.29, 1.82) is 0 Å². The molecule has 0 radical (unpaired) electrons. The highest BCUT2D eigenvalue weighted by molar-refractivity contribution is 7.71. The summed E-state index contributed by atoms with van der Waals surface area (Å²) in [6.45, 7) is 2.89. The van der Waals surface area contributed by atoms with Crippen molar-refractivity contribution in [2.75, 3.05) is 6.54 Å². The molecule has 6 heteroatoms. The summed E-state index contributed by atoms with van der Waals surface area (Å²) < 4.78 is 0.258. The highest BCUT2D eigenvalue weighted by Gasteiger charge is 2.07. The van der Waals surface area contributed by atoms with Gasteiger partial charge in [-0.05, 0) is 36.8 Å². The van der Waals surface area contributed by atoms with Crippen LogP contribution >= 0.6 is 12.2 Å². The van der Waals surface area contributed by atoms with Crippen LogP contribution in [0.15, 0.2) is 23.0 Å². The summed E-state index contributed by atoms with van der Waals surface area (Å²) in [4.78, 5) is 29.4. The minimum absolute atomic E-state index is 0.123. The standard InChI is InChI=1S/C18H25N3O2S/c1-2-3-4-5-6-7-8-11-19-16(22)13-9-10-14-15(12-13)20-18(24)21-17(14)23/h9-10,12H,2-8,11H2,1H3,(H,19,22)(H2,20,21,23,24). The third-order valence-electron chi connectivity index (χ3n) is 4.07. The Labute approximate surface area is 146 Å². The molecule has 24 heavy (non-hydrogen) atoms. The summed E-state index contributed by atoms with van der Waals surface area (Å²) in [5, 5.41) is 3.42. The first-order chi connectivity index (χ1) is 11.6. The first kappa shape index (κ1) is 18.4. The highest BCUT2D eigenvalue weighted by atomic mass is 32.1. The molecule has 0 aliphatic heterocycles. The average molecular weight is 347 g/mol. The number of nitrogens with one attached hydrogen (secondary N) is 3. The predicted molar refractivity (Wildman–Crippen MR) is 100 cm³/mol. The zero-order chi connectivity index (χ0) is 17.4. The second-order valence-corrected chi connectivity index (χ2v) is 6.45. The SMILES string of the molecule is CCCCCCCCCNC(=O)c1ccc2c(=O)[nH]c(=S)[nH]c2c1. The van der Waals surface area contributed by atoms with Crippen molar-refractivity contribution in [3.8, 4) is 0 Å². The second kappa shape index (κ2) is 9.37. The summed E-state index contributed by atoms with van der Waals surface area (Å²) in [5.74, 6) is -0.123. The van der Waals surface area contributed by atoms with Gasteiger partial charge in [-0.2, -0.15) is 0 Å². The van der Waals surface area contributed by atoms with Crippen molar-refractivity contribution < 1.29 is 4.79 Å². The van der Waals surface area contributed by atoms with E-state index in [2.05, 4.69) is 22.2 Å². The molecule has 0 saturated carbocycles. The molecule has 1 aromatic heterocycles. The number of amides is 1. The van der Waals surface area contributed by atoms with E-state index in [1.165, 1.54) is 32.1 Å². The van der Waals surface area contributed by atoms with Crippen LogP contribution < -0.4 is 10.9 Å². The van der Waals surface area contributed by atoms with Gasteiger partial charge in [0, 0.05) is 12.1 Å². The van der Waals surface area contributed by atoms with Crippen LogP contribution in [0.1, 0.15) is 62.2 Å². The van der Waals surface area contributed by atoms with Crippen molar-refractivity contribution in [3.05, 3.63) is 38.9 Å². The second-order valence-electron chi connectivity index (χ2n) is 6.05. The van der Waals surface area contributed by atoms with Gasteiger partial charge in [0.15, 0.2) is 4.77 Å². The molecule has 3 N–H and O–H groups in total. The molecule has 0 bridgehead atoms. The van der Waals surface area contributed by atoms with Gasteiger partial charge >= 0.3 is 0 Å². The van der Waals surface area contributed by atoms with Gasteiger partial charge < -0.3 is 10.3 Å². The van der Waals surface area contributed by atoms with E-state index in [1.807, 2.05) is 0 Å². The van der Waals surface area contributed by atoms with Gasteiger partial charge in [0.2, 0.25) is 0 Å². The molecule has 0 unspecified atom stereocenters. The maximum atomic E-state index is 12.2. The van der Waals surface area contributed by atoms with E-state index in [0.717, 1.165) is 12.8 Å². The Morgan fingerprint density at radius 2 is 1.79 bits per heavy atom. The van der Waals surface area contributed by atoms with Gasteiger partial charge in [-0.25, -0.2) is 0 Å². The third kappa shape index (κ3) is 5.30. The number of carbonyl (C=O) groups excluding carboxylic acids is 1. The van der Waals surface area contributed by atoms with E-state index in [4.69, 9.17) is 12.2 Å². The maximum Gasteiger partial charge on any atom is 0.259 e. The third-order valence-corrected chi connectivity index (χ3v) is 4.27. The Morgan fingerprint density at radius 3 is 2.54 bits per heavy atom. The number of hydrogen-bond donors (Lipinski definition) is 3. The van der Waals surface area contributed by atoms with Gasteiger partial charge in [0.05, 0.1) is 10.9 Å². The van der Waals surface area contributed by atoms with E-state index < -0.39 is 0 Å². The molecule has 2 aromatic rings. The molecule has 130 valence electrons. The van der Waals surface area contributed by atoms with Crippen LogP contribution in [0.25, 0.3) is 10.9 Å². The first-order valence-corrected chi connectivity index (χ1v) is 9.07. The zero-order valence-corrected chi connectivity index (χ0v) is 14.9. The molecule has 2 rings (SSSR count). The van der Waals surface area contributed by atoms with Crippen molar-refractivity contribution in [2.45, 2.75) is 51.9 Å². The van der Waals surface area contributed by atoms with Crippen LogP contribution in [0.4, 0.5) is 0 Å². The normalized spacial score (nSPS) is 10.9. The zero-order valence-electron chi connectivity index (χ0n) is 14.1. The number of unbranched alkanes of at least 4 members (excludes halogenated alkanes) is 6. The van der Waals surface area contributed by atoms with E-state index in [9.17, 15) is 9.59 Å². The Morgan fingerprint density at radius 1 is 1.08 bits per heavy atom. The van der Waals surface area contributed by atoms with Gasteiger partial charge in [-0.1, -0.05) is 45.4 Å². The number of benzene rings is 1. The number of fused-ring (bicyclic) bond motifs is 1. The van der Waals surface area contributed by atoms with Crippen molar-refractivity contribution in [3.63, 3.8) is 0 Å². The molecule has 0 fully saturated rings. The first-order valence-electron chi connectivity index (χ1n) is 8.66. The lowest BCUT2D eigenvalue weighted by Gasteiger charge is -2.06. The van der Waals surface area contributed by atoms with E-state index in [-0.39, 0.29) is 16.2 Å². The quantitative estimate of drug-likeness (QED) is 0.473. The number of H-pyrrole nitrogens is 2. The molecule has 0 spiro atoms. The minimum Gasteiger partial charge on any atom is -0.352 e. The number of carbonyl (C=O) groups is 1. The van der Waals surface area contributed by atoms with E-state index >= 15 is 0 Å². The molecule has 5 nitrogen and oxygen atoms in total. The van der Waals surface area contributed by atoms with Crippen LogP contribution in [0.2, 0.25) is 0 Å². The minimum atomic E-state index is -0.246. The summed E-state index contributed by atoms with van der Waals surface area (Å²) in [5.41, 5.74) is 0.859. The molecule has 1 amide bonds. The lowest BCUT2D eigenvalue weighted by molar-refractivity contribution is 0.0953. The Bertz CT molecular complexity index is 795.